The molecule has 1 aliphatic rings. The fraction of sp³-hybridized carbons (Fsp3) is 0.154. The summed E-state index contributed by atoms with van der Waals surface area (Å²) in [5.74, 6) is -1.72. The lowest BCUT2D eigenvalue weighted by molar-refractivity contribution is -0.138. The SMILES string of the molecule is O=C1[N]C=CC=C1NS(=O)(=O)Cc1ccccc1C(F)(F)F. The van der Waals surface area contributed by atoms with Gasteiger partial charge in [-0.3, -0.25) is 9.52 Å². The summed E-state index contributed by atoms with van der Waals surface area (Å²) < 4.78 is 64.4. The molecule has 1 amide bonds. The Hall–Kier alpha value is -2.29. The van der Waals surface area contributed by atoms with E-state index in [-0.39, 0.29) is 5.70 Å². The number of carbonyl (C=O) groups is 1. The Morgan fingerprint density at radius 3 is 2.50 bits per heavy atom. The van der Waals surface area contributed by atoms with Gasteiger partial charge < -0.3 is 0 Å². The van der Waals surface area contributed by atoms with E-state index in [1.807, 2.05) is 4.72 Å². The Morgan fingerprint density at radius 2 is 1.86 bits per heavy atom. The fourth-order valence-corrected chi connectivity index (χ4v) is 3.02. The van der Waals surface area contributed by atoms with E-state index in [9.17, 15) is 26.4 Å². The summed E-state index contributed by atoms with van der Waals surface area (Å²) in [4.78, 5) is 11.4. The summed E-state index contributed by atoms with van der Waals surface area (Å²) in [6.07, 6.45) is -0.964. The largest absolute Gasteiger partial charge is 0.416 e. The average molecular weight is 331 g/mol. The van der Waals surface area contributed by atoms with Crippen LogP contribution in [0.4, 0.5) is 13.2 Å². The number of sulfonamides is 1. The second-order valence-electron chi connectivity index (χ2n) is 4.37. The van der Waals surface area contributed by atoms with Crippen LogP contribution in [-0.2, 0) is 26.7 Å². The lowest BCUT2D eigenvalue weighted by atomic mass is 10.1. The zero-order chi connectivity index (χ0) is 16.4. The molecule has 1 N–H and O–H groups in total. The molecule has 1 aliphatic heterocycles. The summed E-state index contributed by atoms with van der Waals surface area (Å²) in [5, 5.41) is 3.36. The Kier molecular flexibility index (Phi) is 4.27. The van der Waals surface area contributed by atoms with E-state index in [1.54, 1.807) is 0 Å². The molecule has 0 spiro atoms. The van der Waals surface area contributed by atoms with Crippen molar-refractivity contribution in [3.63, 3.8) is 0 Å². The normalized spacial score (nSPS) is 15.2. The number of allylic oxidation sites excluding steroid dienone is 2. The van der Waals surface area contributed by atoms with Crippen molar-refractivity contribution >= 4 is 15.9 Å². The van der Waals surface area contributed by atoms with Crippen molar-refractivity contribution < 1.29 is 26.4 Å². The highest BCUT2D eigenvalue weighted by molar-refractivity contribution is 7.88. The maximum atomic E-state index is 12.8. The Labute approximate surface area is 124 Å². The molecule has 0 unspecified atom stereocenters. The number of hydrogen-bond acceptors (Lipinski definition) is 3. The van der Waals surface area contributed by atoms with Crippen LogP contribution in [0.1, 0.15) is 11.1 Å². The molecular formula is C13H10F3N2O3S. The van der Waals surface area contributed by atoms with Crippen LogP contribution in [0.15, 0.2) is 48.3 Å². The molecule has 0 saturated carbocycles. The molecule has 0 bridgehead atoms. The van der Waals surface area contributed by atoms with Gasteiger partial charge in [0.05, 0.1) is 11.3 Å². The Balaban J connectivity index is 2.25. The van der Waals surface area contributed by atoms with Crippen molar-refractivity contribution in [3.05, 3.63) is 59.4 Å². The van der Waals surface area contributed by atoms with E-state index in [1.165, 1.54) is 30.5 Å². The zero-order valence-electron chi connectivity index (χ0n) is 11.0. The number of hydrogen-bond donors (Lipinski definition) is 1. The number of amides is 1. The number of rotatable bonds is 4. The molecule has 0 fully saturated rings. The van der Waals surface area contributed by atoms with E-state index in [0.29, 0.717) is 0 Å². The van der Waals surface area contributed by atoms with Crippen molar-refractivity contribution in [2.24, 2.45) is 0 Å². The van der Waals surface area contributed by atoms with E-state index >= 15 is 0 Å². The van der Waals surface area contributed by atoms with Gasteiger partial charge in [0.1, 0.15) is 5.70 Å². The van der Waals surface area contributed by atoms with Crippen LogP contribution in [0.5, 0.6) is 0 Å². The minimum absolute atomic E-state index is 0.313. The number of carbonyl (C=O) groups excluding carboxylic acids is 1. The van der Waals surface area contributed by atoms with Crippen molar-refractivity contribution in [3.8, 4) is 0 Å². The van der Waals surface area contributed by atoms with Crippen LogP contribution < -0.4 is 10.0 Å². The highest BCUT2D eigenvalue weighted by Crippen LogP contribution is 2.32. The predicted octanol–water partition coefficient (Wildman–Crippen LogP) is 1.67. The fourth-order valence-electron chi connectivity index (χ4n) is 1.80. The quantitative estimate of drug-likeness (QED) is 0.912. The van der Waals surface area contributed by atoms with E-state index in [0.717, 1.165) is 12.1 Å². The summed E-state index contributed by atoms with van der Waals surface area (Å²) in [6.45, 7) is 0. The van der Waals surface area contributed by atoms with Gasteiger partial charge in [0.25, 0.3) is 5.91 Å². The lowest BCUT2D eigenvalue weighted by Crippen LogP contribution is -2.32. The van der Waals surface area contributed by atoms with Crippen LogP contribution in [0, 0.1) is 0 Å². The molecular weight excluding hydrogens is 321 g/mol. The molecule has 1 aromatic carbocycles. The summed E-state index contributed by atoms with van der Waals surface area (Å²) in [6, 6.07) is 4.35. The molecule has 5 nitrogen and oxygen atoms in total. The van der Waals surface area contributed by atoms with E-state index in [4.69, 9.17) is 0 Å². The number of nitrogens with zero attached hydrogens (tertiary/aromatic N) is 1. The third kappa shape index (κ3) is 3.88. The Bertz CT molecular complexity index is 752. The first-order valence-corrected chi connectivity index (χ1v) is 7.62. The van der Waals surface area contributed by atoms with Crippen LogP contribution in [0.3, 0.4) is 0 Å². The van der Waals surface area contributed by atoms with E-state index < -0.39 is 39.0 Å². The maximum Gasteiger partial charge on any atom is 0.416 e. The smallest absolute Gasteiger partial charge is 0.278 e. The van der Waals surface area contributed by atoms with Crippen LogP contribution in [0.2, 0.25) is 0 Å². The molecule has 0 atom stereocenters. The lowest BCUT2D eigenvalue weighted by Gasteiger charge is -2.15. The number of nitrogens with one attached hydrogen (secondary N) is 1. The second-order valence-corrected chi connectivity index (χ2v) is 6.09. The van der Waals surface area contributed by atoms with Crippen molar-refractivity contribution in [2.45, 2.75) is 11.9 Å². The highest BCUT2D eigenvalue weighted by Gasteiger charge is 2.34. The van der Waals surface area contributed by atoms with Crippen molar-refractivity contribution in [2.75, 3.05) is 0 Å². The minimum atomic E-state index is -4.66. The maximum absolute atomic E-state index is 12.8. The molecule has 0 aliphatic carbocycles. The molecule has 117 valence electrons. The zero-order valence-corrected chi connectivity index (χ0v) is 11.8. The molecule has 1 aromatic rings. The van der Waals surface area contributed by atoms with Gasteiger partial charge in [-0.2, -0.15) is 13.2 Å². The van der Waals surface area contributed by atoms with Crippen LogP contribution in [-0.4, -0.2) is 14.3 Å². The van der Waals surface area contributed by atoms with Crippen LogP contribution >= 0.6 is 0 Å². The molecule has 22 heavy (non-hydrogen) atoms. The van der Waals surface area contributed by atoms with Gasteiger partial charge >= 0.3 is 6.18 Å². The number of benzene rings is 1. The average Bonchev–Trinajstić information content (AvgIpc) is 2.40. The standard InChI is InChI=1S/C13H10F3N2O3S/c14-13(15,16)10-5-2-1-4-9(10)8-22(20,21)18-11-6-3-7-17-12(11)19/h1-7,18H,8H2. The molecule has 1 heterocycles. The summed E-state index contributed by atoms with van der Waals surface area (Å²) in [7, 11) is -4.18. The molecule has 0 aromatic heterocycles. The van der Waals surface area contributed by atoms with Crippen LogP contribution in [0.25, 0.3) is 0 Å². The minimum Gasteiger partial charge on any atom is -0.278 e. The van der Waals surface area contributed by atoms with Gasteiger partial charge in [-0.15, -0.1) is 0 Å². The summed E-state index contributed by atoms with van der Waals surface area (Å²) in [5.41, 5.74) is -1.75. The van der Waals surface area contributed by atoms with Gasteiger partial charge in [-0.1, -0.05) is 18.2 Å². The van der Waals surface area contributed by atoms with Gasteiger partial charge in [-0.25, -0.2) is 13.7 Å². The van der Waals surface area contributed by atoms with Crippen molar-refractivity contribution in [1.29, 1.82) is 0 Å². The van der Waals surface area contributed by atoms with Gasteiger partial charge in [-0.05, 0) is 23.8 Å². The van der Waals surface area contributed by atoms with Gasteiger partial charge in [0.2, 0.25) is 10.0 Å². The monoisotopic (exact) mass is 331 g/mol. The highest BCUT2D eigenvalue weighted by atomic mass is 32.2. The Morgan fingerprint density at radius 1 is 1.18 bits per heavy atom. The molecule has 2 rings (SSSR count). The molecule has 0 saturated heterocycles. The predicted molar refractivity (Wildman–Crippen MR) is 71.6 cm³/mol. The first kappa shape index (κ1) is 16.1. The first-order valence-electron chi connectivity index (χ1n) is 5.97. The first-order chi connectivity index (χ1) is 10.2. The van der Waals surface area contributed by atoms with E-state index in [2.05, 4.69) is 5.32 Å². The van der Waals surface area contributed by atoms with Gasteiger partial charge in [0, 0.05) is 6.20 Å². The van der Waals surface area contributed by atoms with Gasteiger partial charge in [0.15, 0.2) is 0 Å². The second kappa shape index (κ2) is 5.84. The van der Waals surface area contributed by atoms with Crippen molar-refractivity contribution in [1.82, 2.24) is 10.0 Å². The number of halogens is 3. The summed E-state index contributed by atoms with van der Waals surface area (Å²) >= 11 is 0. The number of alkyl halides is 3. The molecule has 9 heteroatoms. The molecule has 1 radical (unpaired) electrons. The third-order valence-electron chi connectivity index (χ3n) is 2.70. The third-order valence-corrected chi connectivity index (χ3v) is 3.93. The topological polar surface area (TPSA) is 77.3 Å².